The minimum Gasteiger partial charge on any atom is -0.406 e. The molecule has 8 nitrogen and oxygen atoms in total. The molecule has 186 valence electrons. The molecule has 0 spiro atoms. The SMILES string of the molecule is C[C@@H]1CN(c2ncnc3c2C=C(c2ccncc2)C3)CCN1C(=O)Nc1ccc(OC(F)(F)F)cc1. The number of anilines is 2. The van der Waals surface area contributed by atoms with Crippen LogP contribution in [-0.4, -0.2) is 57.9 Å². The lowest BCUT2D eigenvalue weighted by molar-refractivity contribution is -0.274. The second-order valence-electron chi connectivity index (χ2n) is 8.63. The van der Waals surface area contributed by atoms with Gasteiger partial charge in [-0.25, -0.2) is 14.8 Å². The summed E-state index contributed by atoms with van der Waals surface area (Å²) < 4.78 is 40.9. The zero-order chi connectivity index (χ0) is 25.3. The standard InChI is InChI=1S/C25H23F3N6O2/c1-16-14-33(23-21-12-18(13-22(21)30-15-31-23)17-6-8-29-9-7-17)10-11-34(16)24(35)32-19-2-4-20(5-3-19)36-25(26,27)28/h2-9,12,15-16H,10-11,13-14H2,1H3,(H,32,35)/t16-/m1/s1. The van der Waals surface area contributed by atoms with Gasteiger partial charge in [0.15, 0.2) is 0 Å². The van der Waals surface area contributed by atoms with E-state index in [1.54, 1.807) is 23.6 Å². The Morgan fingerprint density at radius 3 is 2.53 bits per heavy atom. The number of nitrogens with one attached hydrogen (secondary N) is 1. The summed E-state index contributed by atoms with van der Waals surface area (Å²) in [6.45, 7) is 3.57. The van der Waals surface area contributed by atoms with E-state index in [0.29, 0.717) is 25.3 Å². The number of amides is 2. The largest absolute Gasteiger partial charge is 0.573 e. The highest BCUT2D eigenvalue weighted by atomic mass is 19.4. The molecule has 0 bridgehead atoms. The first-order valence-electron chi connectivity index (χ1n) is 11.4. The van der Waals surface area contributed by atoms with Crippen molar-refractivity contribution >= 4 is 29.2 Å². The van der Waals surface area contributed by atoms with Gasteiger partial charge in [0.05, 0.1) is 5.69 Å². The van der Waals surface area contributed by atoms with Gasteiger partial charge in [-0.1, -0.05) is 0 Å². The topological polar surface area (TPSA) is 83.5 Å². The first-order valence-corrected chi connectivity index (χ1v) is 11.4. The Morgan fingerprint density at radius 2 is 1.83 bits per heavy atom. The Bertz CT molecular complexity index is 1280. The van der Waals surface area contributed by atoms with Gasteiger partial charge in [0.1, 0.15) is 17.9 Å². The van der Waals surface area contributed by atoms with E-state index in [2.05, 4.69) is 36.0 Å². The molecule has 3 aromatic rings. The van der Waals surface area contributed by atoms with E-state index in [9.17, 15) is 18.0 Å². The summed E-state index contributed by atoms with van der Waals surface area (Å²) in [4.78, 5) is 29.8. The van der Waals surface area contributed by atoms with Gasteiger partial charge in [-0.3, -0.25) is 4.98 Å². The highest BCUT2D eigenvalue weighted by Gasteiger charge is 2.32. The zero-order valence-corrected chi connectivity index (χ0v) is 19.4. The molecule has 1 saturated heterocycles. The monoisotopic (exact) mass is 496 g/mol. The van der Waals surface area contributed by atoms with Crippen LogP contribution in [0.4, 0.5) is 29.5 Å². The fourth-order valence-electron chi connectivity index (χ4n) is 4.51. The van der Waals surface area contributed by atoms with Gasteiger partial charge in [0, 0.05) is 55.7 Å². The van der Waals surface area contributed by atoms with Crippen LogP contribution in [0.5, 0.6) is 5.75 Å². The molecule has 1 aromatic carbocycles. The maximum Gasteiger partial charge on any atom is 0.573 e. The maximum absolute atomic E-state index is 12.9. The molecular weight excluding hydrogens is 473 g/mol. The Balaban J connectivity index is 1.24. The number of rotatable bonds is 4. The normalized spacial score (nSPS) is 17.4. The molecule has 3 heterocycles. The minimum atomic E-state index is -4.76. The molecule has 1 aliphatic heterocycles. The van der Waals surface area contributed by atoms with E-state index in [1.165, 1.54) is 12.1 Å². The minimum absolute atomic E-state index is 0.123. The van der Waals surface area contributed by atoms with Gasteiger partial charge in [0.2, 0.25) is 0 Å². The average molecular weight is 496 g/mol. The molecule has 0 radical (unpaired) electrons. The van der Waals surface area contributed by atoms with E-state index in [-0.39, 0.29) is 17.8 Å². The molecule has 0 unspecified atom stereocenters. The predicted octanol–water partition coefficient (Wildman–Crippen LogP) is 4.61. The van der Waals surface area contributed by atoms with Crippen LogP contribution < -0.4 is 15.0 Å². The van der Waals surface area contributed by atoms with Gasteiger partial charge in [-0.05, 0) is 60.5 Å². The first kappa shape index (κ1) is 23.6. The number of alkyl halides is 3. The lowest BCUT2D eigenvalue weighted by atomic mass is 10.1. The van der Waals surface area contributed by atoms with Crippen molar-refractivity contribution in [1.29, 1.82) is 0 Å². The molecule has 1 aliphatic carbocycles. The van der Waals surface area contributed by atoms with E-state index < -0.39 is 6.36 Å². The number of hydrogen-bond acceptors (Lipinski definition) is 6. The number of hydrogen-bond donors (Lipinski definition) is 1. The number of fused-ring (bicyclic) bond motifs is 1. The van der Waals surface area contributed by atoms with Crippen molar-refractivity contribution in [3.8, 4) is 5.75 Å². The number of ether oxygens (including phenoxy) is 1. The molecule has 5 rings (SSSR count). The van der Waals surface area contributed by atoms with Crippen molar-refractivity contribution in [3.63, 3.8) is 0 Å². The summed E-state index contributed by atoms with van der Waals surface area (Å²) in [6, 6.07) is 8.57. The zero-order valence-electron chi connectivity index (χ0n) is 19.4. The molecular formula is C25H23F3N6O2. The summed E-state index contributed by atoms with van der Waals surface area (Å²) in [5, 5.41) is 2.74. The fourth-order valence-corrected chi connectivity index (χ4v) is 4.51. The summed E-state index contributed by atoms with van der Waals surface area (Å²) >= 11 is 0. The molecule has 2 aromatic heterocycles. The number of piperazine rings is 1. The van der Waals surface area contributed by atoms with Crippen molar-refractivity contribution in [2.45, 2.75) is 25.7 Å². The number of pyridine rings is 1. The number of benzene rings is 1. The summed E-state index contributed by atoms with van der Waals surface area (Å²) in [5.41, 5.74) is 4.60. The van der Waals surface area contributed by atoms with Crippen LogP contribution in [-0.2, 0) is 6.42 Å². The van der Waals surface area contributed by atoms with Crippen LogP contribution in [0.15, 0.2) is 55.1 Å². The van der Waals surface area contributed by atoms with E-state index in [1.807, 2.05) is 19.1 Å². The van der Waals surface area contributed by atoms with E-state index in [4.69, 9.17) is 0 Å². The van der Waals surface area contributed by atoms with E-state index in [0.717, 1.165) is 46.8 Å². The average Bonchev–Trinajstić information content (AvgIpc) is 3.29. The van der Waals surface area contributed by atoms with Crippen molar-refractivity contribution in [3.05, 3.63) is 71.9 Å². The van der Waals surface area contributed by atoms with Crippen LogP contribution in [0.2, 0.25) is 0 Å². The fraction of sp³-hybridized carbons (Fsp3) is 0.280. The number of carbonyl (C=O) groups is 1. The maximum atomic E-state index is 12.9. The second kappa shape index (κ2) is 9.48. The molecule has 1 atom stereocenters. The molecule has 1 fully saturated rings. The third-order valence-electron chi connectivity index (χ3n) is 6.20. The van der Waals surface area contributed by atoms with E-state index >= 15 is 0 Å². The summed E-state index contributed by atoms with van der Waals surface area (Å²) in [5.74, 6) is 0.497. The Hall–Kier alpha value is -4.15. The molecule has 1 N–H and O–H groups in total. The summed E-state index contributed by atoms with van der Waals surface area (Å²) in [6.07, 6.45) is 3.19. The Morgan fingerprint density at radius 1 is 1.08 bits per heavy atom. The first-order chi connectivity index (χ1) is 17.3. The van der Waals surface area contributed by atoms with Crippen LogP contribution >= 0.6 is 0 Å². The van der Waals surface area contributed by atoms with Crippen molar-refractivity contribution < 1.29 is 22.7 Å². The molecule has 2 aliphatic rings. The Kier molecular flexibility index (Phi) is 6.21. The molecule has 36 heavy (non-hydrogen) atoms. The molecule has 0 saturated carbocycles. The van der Waals surface area contributed by atoms with Gasteiger partial charge >= 0.3 is 12.4 Å². The highest BCUT2D eigenvalue weighted by Crippen LogP contribution is 2.35. The quantitative estimate of drug-likeness (QED) is 0.568. The van der Waals surface area contributed by atoms with Crippen molar-refractivity contribution in [2.75, 3.05) is 29.9 Å². The number of carbonyl (C=O) groups excluding carboxylic acids is 1. The van der Waals surface area contributed by atoms with Crippen LogP contribution in [0.25, 0.3) is 11.6 Å². The number of aromatic nitrogens is 3. The van der Waals surface area contributed by atoms with Gasteiger partial charge in [0.25, 0.3) is 0 Å². The number of urea groups is 1. The van der Waals surface area contributed by atoms with Gasteiger partial charge < -0.3 is 19.9 Å². The van der Waals surface area contributed by atoms with Crippen molar-refractivity contribution in [2.24, 2.45) is 0 Å². The highest BCUT2D eigenvalue weighted by molar-refractivity contribution is 5.91. The Labute approximate surface area is 205 Å². The van der Waals surface area contributed by atoms with Crippen LogP contribution in [0.3, 0.4) is 0 Å². The number of allylic oxidation sites excluding steroid dienone is 1. The lowest BCUT2D eigenvalue weighted by Crippen LogP contribution is -2.55. The smallest absolute Gasteiger partial charge is 0.406 e. The third kappa shape index (κ3) is 5.09. The number of halogens is 3. The molecule has 2 amide bonds. The predicted molar refractivity (Wildman–Crippen MR) is 128 cm³/mol. The van der Waals surface area contributed by atoms with Crippen LogP contribution in [0, 0.1) is 0 Å². The second-order valence-corrected chi connectivity index (χ2v) is 8.63. The van der Waals surface area contributed by atoms with Crippen molar-refractivity contribution in [1.82, 2.24) is 19.9 Å². The third-order valence-corrected chi connectivity index (χ3v) is 6.20. The lowest BCUT2D eigenvalue weighted by Gasteiger charge is -2.40. The van der Waals surface area contributed by atoms with Gasteiger partial charge in [-0.15, -0.1) is 13.2 Å². The number of nitrogens with zero attached hydrogens (tertiary/aromatic N) is 5. The van der Waals surface area contributed by atoms with Crippen LogP contribution in [0.1, 0.15) is 23.7 Å². The van der Waals surface area contributed by atoms with Gasteiger partial charge in [-0.2, -0.15) is 0 Å². The molecule has 11 heteroatoms. The summed E-state index contributed by atoms with van der Waals surface area (Å²) in [7, 11) is 0.